The maximum absolute atomic E-state index is 13.7. The number of fused-ring (bicyclic) bond motifs is 1. The molecule has 0 amide bonds. The molecule has 0 aromatic carbocycles. The van der Waals surface area contributed by atoms with Gasteiger partial charge in [0.2, 0.25) is 0 Å². The lowest BCUT2D eigenvalue weighted by Gasteiger charge is -2.66. The van der Waals surface area contributed by atoms with Gasteiger partial charge in [-0.2, -0.15) is 5.10 Å². The van der Waals surface area contributed by atoms with Gasteiger partial charge in [-0.25, -0.2) is 23.7 Å². The van der Waals surface area contributed by atoms with Crippen molar-refractivity contribution in [3.05, 3.63) is 73.1 Å². The van der Waals surface area contributed by atoms with E-state index in [9.17, 15) is 4.39 Å². The molecule has 0 saturated heterocycles. The van der Waals surface area contributed by atoms with E-state index in [1.165, 1.54) is 11.9 Å². The molecule has 0 radical (unpaired) electrons. The zero-order valence-corrected chi connectivity index (χ0v) is 18.9. The molecule has 3 aliphatic carbocycles. The summed E-state index contributed by atoms with van der Waals surface area (Å²) in [5, 5.41) is 16.2. The van der Waals surface area contributed by atoms with E-state index in [-0.39, 0.29) is 5.41 Å². The normalized spacial score (nSPS) is 22.8. The lowest BCUT2D eigenvalue weighted by Crippen LogP contribution is -2.67. The van der Waals surface area contributed by atoms with Crippen LogP contribution in [0, 0.1) is 5.41 Å². The number of rotatable bonds is 8. The molecule has 8 rings (SSSR count). The maximum Gasteiger partial charge on any atom is 0.138 e. The van der Waals surface area contributed by atoms with Crippen molar-refractivity contribution in [1.29, 1.82) is 0 Å². The second-order valence-electron chi connectivity index (χ2n) is 9.89. The summed E-state index contributed by atoms with van der Waals surface area (Å²) in [6, 6.07) is 6.05. The molecule has 0 spiro atoms. The molecule has 176 valence electrons. The molecule has 2 bridgehead atoms. The Kier molecular flexibility index (Phi) is 4.37. The smallest absolute Gasteiger partial charge is 0.138 e. The standard InChI is InChI=1S/C24H23FN10/c25-24-11-23(12-24,13-24)14-27-4-17-1-2-22-30-19(8-33(22)7-17)9-34-10-21(31-32-34)18-3-20(6-26-5-18)35-16-28-15-29-35/h1-3,5-8,10,15-16,27H,4,9,11-14H2. The second-order valence-corrected chi connectivity index (χ2v) is 9.89. The highest BCUT2D eigenvalue weighted by Gasteiger charge is 2.68. The Balaban J connectivity index is 1.02. The summed E-state index contributed by atoms with van der Waals surface area (Å²) >= 11 is 0. The zero-order valence-electron chi connectivity index (χ0n) is 18.9. The number of pyridine rings is 2. The minimum atomic E-state index is -0.836. The molecule has 3 aliphatic rings. The van der Waals surface area contributed by atoms with Crippen LogP contribution in [0.15, 0.2) is 61.8 Å². The summed E-state index contributed by atoms with van der Waals surface area (Å²) in [5.41, 5.74) is 4.69. The summed E-state index contributed by atoms with van der Waals surface area (Å²) in [4.78, 5) is 13.0. The van der Waals surface area contributed by atoms with Gasteiger partial charge in [0.1, 0.15) is 29.7 Å². The molecule has 0 unspecified atom stereocenters. The minimum Gasteiger partial charge on any atom is -0.312 e. The Morgan fingerprint density at radius 2 is 1.97 bits per heavy atom. The molecule has 35 heavy (non-hydrogen) atoms. The van der Waals surface area contributed by atoms with Crippen LogP contribution in [-0.2, 0) is 13.1 Å². The van der Waals surface area contributed by atoms with Gasteiger partial charge in [0.25, 0.3) is 0 Å². The van der Waals surface area contributed by atoms with E-state index >= 15 is 0 Å². The number of halogens is 1. The number of alkyl halides is 1. The van der Waals surface area contributed by atoms with Gasteiger partial charge in [-0.3, -0.25) is 4.98 Å². The third-order valence-electron chi connectivity index (χ3n) is 7.03. The molecule has 3 saturated carbocycles. The average Bonchev–Trinajstić information content (AvgIpc) is 3.58. The van der Waals surface area contributed by atoms with Crippen molar-refractivity contribution in [2.45, 2.75) is 38.0 Å². The molecule has 0 atom stereocenters. The van der Waals surface area contributed by atoms with E-state index in [0.717, 1.165) is 60.6 Å². The van der Waals surface area contributed by atoms with Crippen molar-refractivity contribution in [3.8, 4) is 16.9 Å². The first kappa shape index (κ1) is 20.4. The molecule has 5 aromatic rings. The predicted octanol–water partition coefficient (Wildman–Crippen LogP) is 2.60. The molecular formula is C24H23FN10. The van der Waals surface area contributed by atoms with Gasteiger partial charge < -0.3 is 9.72 Å². The first-order valence-electron chi connectivity index (χ1n) is 11.6. The van der Waals surface area contributed by atoms with Crippen LogP contribution in [0.4, 0.5) is 4.39 Å². The summed E-state index contributed by atoms with van der Waals surface area (Å²) in [6.07, 6.45) is 14.7. The third kappa shape index (κ3) is 3.68. The number of aromatic nitrogens is 9. The predicted molar refractivity (Wildman–Crippen MR) is 124 cm³/mol. The fourth-order valence-corrected chi connectivity index (χ4v) is 5.50. The quantitative estimate of drug-likeness (QED) is 0.372. The zero-order chi connectivity index (χ0) is 23.5. The first-order valence-corrected chi connectivity index (χ1v) is 11.6. The highest BCUT2D eigenvalue weighted by Crippen LogP contribution is 2.69. The van der Waals surface area contributed by atoms with Crippen LogP contribution >= 0.6 is 0 Å². The summed E-state index contributed by atoms with van der Waals surface area (Å²) < 4.78 is 19.2. The lowest BCUT2D eigenvalue weighted by molar-refractivity contribution is -0.209. The Labute approximate surface area is 199 Å². The summed E-state index contributed by atoms with van der Waals surface area (Å²) in [7, 11) is 0. The van der Waals surface area contributed by atoms with Crippen LogP contribution in [0.2, 0.25) is 0 Å². The fourth-order valence-electron chi connectivity index (χ4n) is 5.50. The lowest BCUT2D eigenvalue weighted by atomic mass is 9.42. The first-order chi connectivity index (χ1) is 17.0. The van der Waals surface area contributed by atoms with Crippen molar-refractivity contribution in [1.82, 2.24) is 49.4 Å². The Morgan fingerprint density at radius 1 is 1.06 bits per heavy atom. The molecule has 10 nitrogen and oxygen atoms in total. The van der Waals surface area contributed by atoms with Gasteiger partial charge in [-0.05, 0) is 42.4 Å². The molecular weight excluding hydrogens is 447 g/mol. The largest absolute Gasteiger partial charge is 0.312 e. The summed E-state index contributed by atoms with van der Waals surface area (Å²) in [5.74, 6) is 0. The van der Waals surface area contributed by atoms with E-state index in [4.69, 9.17) is 4.98 Å². The van der Waals surface area contributed by atoms with E-state index in [0.29, 0.717) is 6.54 Å². The molecule has 3 fully saturated rings. The monoisotopic (exact) mass is 470 g/mol. The van der Waals surface area contributed by atoms with Crippen molar-refractivity contribution < 1.29 is 4.39 Å². The molecule has 5 heterocycles. The fraction of sp³-hybridized carbons (Fsp3) is 0.333. The van der Waals surface area contributed by atoms with Crippen molar-refractivity contribution in [2.24, 2.45) is 5.41 Å². The van der Waals surface area contributed by atoms with Gasteiger partial charge in [-0.15, -0.1) is 5.10 Å². The number of hydrogen-bond acceptors (Lipinski definition) is 7. The number of nitrogens with zero attached hydrogens (tertiary/aromatic N) is 9. The van der Waals surface area contributed by atoms with Crippen LogP contribution < -0.4 is 5.32 Å². The van der Waals surface area contributed by atoms with Gasteiger partial charge in [0.05, 0.1) is 30.3 Å². The van der Waals surface area contributed by atoms with Crippen molar-refractivity contribution in [2.75, 3.05) is 6.54 Å². The Bertz CT molecular complexity index is 1500. The van der Waals surface area contributed by atoms with Gasteiger partial charge in [-0.1, -0.05) is 11.3 Å². The molecule has 1 N–H and O–H groups in total. The van der Waals surface area contributed by atoms with Gasteiger partial charge in [0.15, 0.2) is 0 Å². The summed E-state index contributed by atoms with van der Waals surface area (Å²) in [6.45, 7) is 2.16. The molecule has 5 aromatic heterocycles. The minimum absolute atomic E-state index is 0.214. The van der Waals surface area contributed by atoms with Crippen LogP contribution in [-0.4, -0.2) is 56.3 Å². The SMILES string of the molecule is FC12CC(CNCc3ccc4nc(Cn5cc(-c6cncc(-n7cncn7)c6)nn5)cn4c3)(C1)C2. The maximum atomic E-state index is 13.7. The molecule has 0 aliphatic heterocycles. The van der Waals surface area contributed by atoms with E-state index in [2.05, 4.69) is 43.0 Å². The topological polar surface area (TPSA) is 104 Å². The van der Waals surface area contributed by atoms with Crippen LogP contribution in [0.5, 0.6) is 0 Å². The Morgan fingerprint density at radius 3 is 2.80 bits per heavy atom. The third-order valence-corrected chi connectivity index (χ3v) is 7.03. The van der Waals surface area contributed by atoms with Crippen LogP contribution in [0.1, 0.15) is 30.5 Å². The highest BCUT2D eigenvalue weighted by atomic mass is 19.1. The van der Waals surface area contributed by atoms with E-state index in [1.54, 1.807) is 28.1 Å². The van der Waals surface area contributed by atoms with Crippen LogP contribution in [0.3, 0.4) is 0 Å². The number of hydrogen-bond donors (Lipinski definition) is 1. The van der Waals surface area contributed by atoms with E-state index in [1.807, 2.05) is 28.9 Å². The van der Waals surface area contributed by atoms with Crippen molar-refractivity contribution >= 4 is 5.65 Å². The number of nitrogens with one attached hydrogen (secondary N) is 1. The molecule has 11 heteroatoms. The van der Waals surface area contributed by atoms with Crippen LogP contribution in [0.25, 0.3) is 22.6 Å². The average molecular weight is 471 g/mol. The van der Waals surface area contributed by atoms with E-state index < -0.39 is 5.67 Å². The van der Waals surface area contributed by atoms with Gasteiger partial charge in [0, 0.05) is 37.2 Å². The highest BCUT2D eigenvalue weighted by molar-refractivity contribution is 5.59. The van der Waals surface area contributed by atoms with Crippen molar-refractivity contribution in [3.63, 3.8) is 0 Å². The Hall–Kier alpha value is -3.99. The second kappa shape index (κ2) is 7.51. The van der Waals surface area contributed by atoms with Gasteiger partial charge >= 0.3 is 0 Å². The number of imidazole rings is 1.